The Balaban J connectivity index is 2.02. The van der Waals surface area contributed by atoms with Crippen molar-refractivity contribution in [2.45, 2.75) is 37.5 Å². The first kappa shape index (κ1) is 11.2. The average Bonchev–Trinajstić information content (AvgIpc) is 2.20. The summed E-state index contributed by atoms with van der Waals surface area (Å²) in [5.74, 6) is 0. The molecule has 0 bridgehead atoms. The zero-order valence-corrected chi connectivity index (χ0v) is 9.13. The molecule has 3 atom stereocenters. The van der Waals surface area contributed by atoms with Crippen LogP contribution in [-0.4, -0.2) is 28.5 Å². The first-order valence-corrected chi connectivity index (χ1v) is 5.62. The minimum absolute atomic E-state index is 0.0865. The molecule has 1 saturated carbocycles. The van der Waals surface area contributed by atoms with Gasteiger partial charge in [0.25, 0.3) is 0 Å². The van der Waals surface area contributed by atoms with E-state index in [1.165, 1.54) is 0 Å². The lowest BCUT2D eigenvalue weighted by atomic mass is 9.90. The molecule has 1 aromatic carbocycles. The van der Waals surface area contributed by atoms with Crippen LogP contribution in [0.15, 0.2) is 24.3 Å². The molecule has 0 heterocycles. The maximum Gasteiger partial charge on any atom is 0.0584 e. The third kappa shape index (κ3) is 2.65. The van der Waals surface area contributed by atoms with E-state index in [0.29, 0.717) is 24.9 Å². The molecular weight excluding hydrogens is 204 g/mol. The van der Waals surface area contributed by atoms with Crippen LogP contribution in [0.1, 0.15) is 19.3 Å². The molecule has 88 valence electrons. The van der Waals surface area contributed by atoms with Gasteiger partial charge in [0.15, 0.2) is 0 Å². The molecule has 2 rings (SSSR count). The number of aliphatic hydroxyl groups is 2. The lowest BCUT2D eigenvalue weighted by Gasteiger charge is -2.31. The van der Waals surface area contributed by atoms with Gasteiger partial charge in [-0.1, -0.05) is 12.1 Å². The van der Waals surface area contributed by atoms with Crippen molar-refractivity contribution in [3.8, 4) is 0 Å². The van der Waals surface area contributed by atoms with Crippen LogP contribution in [0.5, 0.6) is 0 Å². The number of para-hydroxylation sites is 2. The lowest BCUT2D eigenvalue weighted by molar-refractivity contribution is 0.0353. The molecule has 0 saturated heterocycles. The molecule has 0 amide bonds. The van der Waals surface area contributed by atoms with Gasteiger partial charge in [-0.05, 0) is 31.4 Å². The zero-order chi connectivity index (χ0) is 11.5. The van der Waals surface area contributed by atoms with Crippen molar-refractivity contribution in [1.29, 1.82) is 0 Å². The highest BCUT2D eigenvalue weighted by atomic mass is 16.3. The predicted molar refractivity (Wildman–Crippen MR) is 64.1 cm³/mol. The molecule has 1 aromatic rings. The fourth-order valence-electron chi connectivity index (χ4n) is 2.23. The van der Waals surface area contributed by atoms with E-state index in [9.17, 15) is 10.2 Å². The lowest BCUT2D eigenvalue weighted by Crippen LogP contribution is -2.37. The Kier molecular flexibility index (Phi) is 3.31. The van der Waals surface area contributed by atoms with Gasteiger partial charge in [-0.3, -0.25) is 0 Å². The Morgan fingerprint density at radius 1 is 1.06 bits per heavy atom. The van der Waals surface area contributed by atoms with E-state index < -0.39 is 12.2 Å². The van der Waals surface area contributed by atoms with E-state index in [1.54, 1.807) is 0 Å². The fraction of sp³-hybridized carbons (Fsp3) is 0.500. The van der Waals surface area contributed by atoms with Crippen LogP contribution < -0.4 is 11.1 Å². The number of nitrogens with one attached hydrogen (secondary N) is 1. The van der Waals surface area contributed by atoms with Crippen LogP contribution in [0.4, 0.5) is 11.4 Å². The number of hydrogen-bond acceptors (Lipinski definition) is 4. The molecule has 1 fully saturated rings. The van der Waals surface area contributed by atoms with E-state index in [0.717, 1.165) is 5.69 Å². The van der Waals surface area contributed by atoms with Gasteiger partial charge in [-0.15, -0.1) is 0 Å². The molecule has 1 aliphatic carbocycles. The summed E-state index contributed by atoms with van der Waals surface area (Å²) in [6.07, 6.45) is 0.941. The highest BCUT2D eigenvalue weighted by molar-refractivity contribution is 5.66. The monoisotopic (exact) mass is 222 g/mol. The molecule has 4 nitrogen and oxygen atoms in total. The summed E-state index contributed by atoms with van der Waals surface area (Å²) >= 11 is 0. The average molecular weight is 222 g/mol. The fourth-order valence-corrected chi connectivity index (χ4v) is 2.23. The van der Waals surface area contributed by atoms with E-state index in [2.05, 4.69) is 5.32 Å². The summed E-state index contributed by atoms with van der Waals surface area (Å²) in [6, 6.07) is 7.61. The minimum atomic E-state index is -0.425. The molecule has 4 heteroatoms. The topological polar surface area (TPSA) is 78.5 Å². The van der Waals surface area contributed by atoms with Gasteiger partial charge in [0.2, 0.25) is 0 Å². The van der Waals surface area contributed by atoms with Crippen LogP contribution in [0.3, 0.4) is 0 Å². The largest absolute Gasteiger partial charge is 0.397 e. The Morgan fingerprint density at radius 3 is 2.31 bits per heavy atom. The zero-order valence-electron chi connectivity index (χ0n) is 9.13. The maximum atomic E-state index is 9.57. The predicted octanol–water partition coefficient (Wildman–Crippen LogP) is 0.955. The van der Waals surface area contributed by atoms with Crippen molar-refractivity contribution < 1.29 is 10.2 Å². The van der Waals surface area contributed by atoms with E-state index in [4.69, 9.17) is 5.73 Å². The number of anilines is 2. The highest BCUT2D eigenvalue weighted by Crippen LogP contribution is 2.25. The Bertz CT molecular complexity index is 347. The first-order chi connectivity index (χ1) is 7.65. The Labute approximate surface area is 95.1 Å². The van der Waals surface area contributed by atoms with Crippen LogP contribution in [-0.2, 0) is 0 Å². The second-order valence-electron chi connectivity index (χ2n) is 4.44. The van der Waals surface area contributed by atoms with Crippen LogP contribution in [0.2, 0.25) is 0 Å². The van der Waals surface area contributed by atoms with E-state index in [-0.39, 0.29) is 6.04 Å². The summed E-state index contributed by atoms with van der Waals surface area (Å²) in [5, 5.41) is 22.4. The second-order valence-corrected chi connectivity index (χ2v) is 4.44. The van der Waals surface area contributed by atoms with E-state index in [1.807, 2.05) is 24.3 Å². The summed E-state index contributed by atoms with van der Waals surface area (Å²) in [7, 11) is 0. The number of hydrogen-bond donors (Lipinski definition) is 4. The third-order valence-electron chi connectivity index (χ3n) is 2.98. The van der Waals surface area contributed by atoms with Crippen molar-refractivity contribution in [1.82, 2.24) is 0 Å². The number of nitrogens with two attached hydrogens (primary N) is 1. The highest BCUT2D eigenvalue weighted by Gasteiger charge is 2.26. The van der Waals surface area contributed by atoms with Crippen molar-refractivity contribution in [2.75, 3.05) is 11.1 Å². The van der Waals surface area contributed by atoms with Crippen LogP contribution >= 0.6 is 0 Å². The number of rotatable bonds is 2. The van der Waals surface area contributed by atoms with Crippen molar-refractivity contribution in [3.05, 3.63) is 24.3 Å². The number of benzene rings is 1. The SMILES string of the molecule is Nc1ccccc1N[C@H]1C[C@H](O)C[C@H](O)C1. The summed E-state index contributed by atoms with van der Waals surface area (Å²) in [6.45, 7) is 0. The Hall–Kier alpha value is -1.26. The summed E-state index contributed by atoms with van der Waals surface area (Å²) in [5.41, 5.74) is 7.38. The van der Waals surface area contributed by atoms with Gasteiger partial charge in [0, 0.05) is 6.04 Å². The van der Waals surface area contributed by atoms with Gasteiger partial charge in [-0.2, -0.15) is 0 Å². The molecule has 0 radical (unpaired) electrons. The van der Waals surface area contributed by atoms with Crippen molar-refractivity contribution >= 4 is 11.4 Å². The van der Waals surface area contributed by atoms with Crippen molar-refractivity contribution in [3.63, 3.8) is 0 Å². The Morgan fingerprint density at radius 2 is 1.69 bits per heavy atom. The van der Waals surface area contributed by atoms with Gasteiger partial charge < -0.3 is 21.3 Å². The molecule has 0 spiro atoms. The molecule has 5 N–H and O–H groups in total. The summed E-state index contributed by atoms with van der Waals surface area (Å²) in [4.78, 5) is 0. The third-order valence-corrected chi connectivity index (χ3v) is 2.98. The molecule has 0 aliphatic heterocycles. The van der Waals surface area contributed by atoms with Gasteiger partial charge in [0.1, 0.15) is 0 Å². The molecule has 0 unspecified atom stereocenters. The van der Waals surface area contributed by atoms with Gasteiger partial charge in [0.05, 0.1) is 23.6 Å². The number of aliphatic hydroxyl groups excluding tert-OH is 2. The first-order valence-electron chi connectivity index (χ1n) is 5.62. The standard InChI is InChI=1S/C12H18N2O2/c13-11-3-1-2-4-12(11)14-8-5-9(15)7-10(16)6-8/h1-4,8-10,14-16H,5-7,13H2/t8-,9-,10+. The normalized spacial score (nSPS) is 30.0. The molecule has 0 aromatic heterocycles. The van der Waals surface area contributed by atoms with Crippen molar-refractivity contribution in [2.24, 2.45) is 0 Å². The smallest absolute Gasteiger partial charge is 0.0584 e. The van der Waals surface area contributed by atoms with Gasteiger partial charge >= 0.3 is 0 Å². The second kappa shape index (κ2) is 4.72. The van der Waals surface area contributed by atoms with E-state index >= 15 is 0 Å². The minimum Gasteiger partial charge on any atom is -0.397 e. The quantitative estimate of drug-likeness (QED) is 0.562. The summed E-state index contributed by atoms with van der Waals surface area (Å²) < 4.78 is 0. The van der Waals surface area contributed by atoms with Gasteiger partial charge in [-0.25, -0.2) is 0 Å². The molecule has 16 heavy (non-hydrogen) atoms. The maximum absolute atomic E-state index is 9.57. The molecule has 1 aliphatic rings. The van der Waals surface area contributed by atoms with Crippen LogP contribution in [0, 0.1) is 0 Å². The van der Waals surface area contributed by atoms with Crippen LogP contribution in [0.25, 0.3) is 0 Å². The molecular formula is C12H18N2O2. The number of nitrogen functional groups attached to an aromatic ring is 1.